The maximum Gasteiger partial charge on any atom is 0.573 e. The van der Waals surface area contributed by atoms with Gasteiger partial charge in [-0.05, 0) is 42.3 Å². The van der Waals surface area contributed by atoms with Crippen molar-refractivity contribution in [2.75, 3.05) is 14.2 Å². The summed E-state index contributed by atoms with van der Waals surface area (Å²) in [5.74, 6) is 0.797. The van der Waals surface area contributed by atoms with E-state index in [1.54, 1.807) is 0 Å². The average Bonchev–Trinajstić information content (AvgIpc) is 2.52. The van der Waals surface area contributed by atoms with Gasteiger partial charge in [0.2, 0.25) is 0 Å². The van der Waals surface area contributed by atoms with Gasteiger partial charge in [0.1, 0.15) is 17.2 Å². The molecule has 0 unspecified atom stereocenters. The summed E-state index contributed by atoms with van der Waals surface area (Å²) in [6.45, 7) is 1.89. The van der Waals surface area contributed by atoms with E-state index in [1.807, 2.05) is 19.1 Å². The van der Waals surface area contributed by atoms with E-state index >= 15 is 0 Å². The number of ether oxygens (including phenoxy) is 3. The first kappa shape index (κ1) is 20.9. The number of hydrogen-bond donors (Lipinski definition) is 1. The van der Waals surface area contributed by atoms with Crippen LogP contribution in [-0.2, 0) is 0 Å². The number of aryl methyl sites for hydroxylation is 1. The SMILES string of the molecule is COc1cc(C)cc(OC)c1[C@@H](N)c1ccc(OC(F)(F)F)cc1.Cl. The summed E-state index contributed by atoms with van der Waals surface area (Å²) in [5, 5.41) is 0. The molecule has 0 aliphatic heterocycles. The van der Waals surface area contributed by atoms with Crippen molar-refractivity contribution in [1.82, 2.24) is 0 Å². The summed E-state index contributed by atoms with van der Waals surface area (Å²) in [7, 11) is 3.04. The van der Waals surface area contributed by atoms with E-state index in [1.165, 1.54) is 38.5 Å². The molecule has 2 aromatic carbocycles. The lowest BCUT2D eigenvalue weighted by Gasteiger charge is -2.20. The van der Waals surface area contributed by atoms with Gasteiger partial charge in [0.05, 0.1) is 25.8 Å². The molecule has 0 radical (unpaired) electrons. The predicted octanol–water partition coefficient (Wildman–Crippen LogP) is 4.38. The van der Waals surface area contributed by atoms with Crippen LogP contribution >= 0.6 is 12.4 Å². The van der Waals surface area contributed by atoms with Crippen molar-refractivity contribution in [2.24, 2.45) is 5.73 Å². The molecule has 2 rings (SSSR count). The Labute approximate surface area is 150 Å². The molecule has 0 fully saturated rings. The van der Waals surface area contributed by atoms with Crippen molar-refractivity contribution in [3.63, 3.8) is 0 Å². The third-order valence-corrected chi connectivity index (χ3v) is 3.47. The minimum absolute atomic E-state index is 0. The van der Waals surface area contributed by atoms with Crippen LogP contribution in [-0.4, -0.2) is 20.6 Å². The third kappa shape index (κ3) is 5.17. The zero-order valence-corrected chi connectivity index (χ0v) is 14.7. The summed E-state index contributed by atoms with van der Waals surface area (Å²) in [4.78, 5) is 0. The van der Waals surface area contributed by atoms with E-state index in [4.69, 9.17) is 15.2 Å². The van der Waals surface area contributed by atoms with Gasteiger partial charge in [-0.25, -0.2) is 0 Å². The Hall–Kier alpha value is -2.12. The molecule has 0 bridgehead atoms. The van der Waals surface area contributed by atoms with Crippen LogP contribution in [0.3, 0.4) is 0 Å². The summed E-state index contributed by atoms with van der Waals surface area (Å²) in [6, 6.07) is 8.40. The van der Waals surface area contributed by atoms with Crippen LogP contribution in [0.5, 0.6) is 17.2 Å². The van der Waals surface area contributed by atoms with Crippen molar-refractivity contribution in [3.8, 4) is 17.2 Å². The first-order valence-electron chi connectivity index (χ1n) is 7.09. The van der Waals surface area contributed by atoms with Crippen molar-refractivity contribution in [1.29, 1.82) is 0 Å². The van der Waals surface area contributed by atoms with Gasteiger partial charge in [0.25, 0.3) is 0 Å². The molecule has 0 saturated heterocycles. The summed E-state index contributed by atoms with van der Waals surface area (Å²) in [6.07, 6.45) is -4.73. The molecule has 0 aliphatic rings. The van der Waals surface area contributed by atoms with Crippen LogP contribution in [0.4, 0.5) is 13.2 Å². The smallest absolute Gasteiger partial charge is 0.496 e. The minimum Gasteiger partial charge on any atom is -0.496 e. The molecule has 0 amide bonds. The van der Waals surface area contributed by atoms with Gasteiger partial charge in [-0.15, -0.1) is 25.6 Å². The number of rotatable bonds is 5. The second-order valence-corrected chi connectivity index (χ2v) is 5.18. The molecule has 4 nitrogen and oxygen atoms in total. The molecule has 2 N–H and O–H groups in total. The minimum atomic E-state index is -4.73. The molecule has 0 aliphatic carbocycles. The van der Waals surface area contributed by atoms with Gasteiger partial charge in [-0.1, -0.05) is 12.1 Å². The number of nitrogens with two attached hydrogens (primary N) is 1. The van der Waals surface area contributed by atoms with E-state index < -0.39 is 12.4 Å². The van der Waals surface area contributed by atoms with Gasteiger partial charge < -0.3 is 19.9 Å². The molecule has 0 saturated carbocycles. The molecule has 138 valence electrons. The first-order valence-corrected chi connectivity index (χ1v) is 7.09. The number of hydrogen-bond acceptors (Lipinski definition) is 4. The lowest BCUT2D eigenvalue weighted by Crippen LogP contribution is -2.17. The number of alkyl halides is 3. The van der Waals surface area contributed by atoms with Crippen molar-refractivity contribution < 1.29 is 27.4 Å². The highest BCUT2D eigenvalue weighted by Crippen LogP contribution is 2.37. The lowest BCUT2D eigenvalue weighted by molar-refractivity contribution is -0.274. The van der Waals surface area contributed by atoms with Crippen LogP contribution in [0.2, 0.25) is 0 Å². The Balaban J connectivity index is 0.00000312. The molecule has 1 atom stereocenters. The fourth-order valence-corrected chi connectivity index (χ4v) is 2.42. The lowest BCUT2D eigenvalue weighted by atomic mass is 9.96. The zero-order chi connectivity index (χ0) is 17.9. The highest BCUT2D eigenvalue weighted by molar-refractivity contribution is 5.85. The van der Waals surface area contributed by atoms with Crippen LogP contribution in [0.25, 0.3) is 0 Å². The van der Waals surface area contributed by atoms with E-state index in [9.17, 15) is 13.2 Å². The second-order valence-electron chi connectivity index (χ2n) is 5.18. The first-order chi connectivity index (χ1) is 11.2. The predicted molar refractivity (Wildman–Crippen MR) is 90.7 cm³/mol. The molecule has 8 heteroatoms. The van der Waals surface area contributed by atoms with E-state index in [0.717, 1.165) is 5.56 Å². The Morgan fingerprint density at radius 3 is 1.84 bits per heavy atom. The number of methoxy groups -OCH3 is 2. The Kier molecular flexibility index (Phi) is 6.96. The monoisotopic (exact) mass is 377 g/mol. The standard InChI is InChI=1S/C17H18F3NO3.ClH/c1-10-8-13(22-2)15(14(9-10)23-3)16(21)11-4-6-12(7-5-11)24-17(18,19)20;/h4-9,16H,21H2,1-3H3;1H/t16-;/m0./s1. The van der Waals surface area contributed by atoms with Gasteiger partial charge in [0.15, 0.2) is 0 Å². The topological polar surface area (TPSA) is 53.7 Å². The molecule has 2 aromatic rings. The van der Waals surface area contributed by atoms with Gasteiger partial charge in [-0.2, -0.15) is 0 Å². The Morgan fingerprint density at radius 2 is 1.44 bits per heavy atom. The second kappa shape index (κ2) is 8.31. The fraction of sp³-hybridized carbons (Fsp3) is 0.294. The van der Waals surface area contributed by atoms with Gasteiger partial charge in [-0.3, -0.25) is 0 Å². The maximum absolute atomic E-state index is 12.2. The van der Waals surface area contributed by atoms with Crippen LogP contribution in [0.15, 0.2) is 36.4 Å². The van der Waals surface area contributed by atoms with Crippen molar-refractivity contribution in [3.05, 3.63) is 53.1 Å². The summed E-state index contributed by atoms with van der Waals surface area (Å²) in [5.41, 5.74) is 8.43. The third-order valence-electron chi connectivity index (χ3n) is 3.47. The largest absolute Gasteiger partial charge is 0.573 e. The van der Waals surface area contributed by atoms with E-state index in [0.29, 0.717) is 22.6 Å². The number of halogens is 4. The molecule has 0 heterocycles. The van der Waals surface area contributed by atoms with Gasteiger partial charge in [0, 0.05) is 0 Å². The highest BCUT2D eigenvalue weighted by Gasteiger charge is 2.31. The van der Waals surface area contributed by atoms with Crippen LogP contribution < -0.4 is 19.9 Å². The Bertz CT molecular complexity index is 680. The molecule has 0 aromatic heterocycles. The fourth-order valence-electron chi connectivity index (χ4n) is 2.42. The van der Waals surface area contributed by atoms with E-state index in [2.05, 4.69) is 4.74 Å². The van der Waals surface area contributed by atoms with Crippen molar-refractivity contribution >= 4 is 12.4 Å². The normalized spacial score (nSPS) is 12.1. The average molecular weight is 378 g/mol. The van der Waals surface area contributed by atoms with Crippen molar-refractivity contribution in [2.45, 2.75) is 19.3 Å². The summed E-state index contributed by atoms with van der Waals surface area (Å²) >= 11 is 0. The van der Waals surface area contributed by atoms with Crippen LogP contribution in [0, 0.1) is 6.92 Å². The van der Waals surface area contributed by atoms with E-state index in [-0.39, 0.29) is 18.2 Å². The molecule has 0 spiro atoms. The van der Waals surface area contributed by atoms with Crippen LogP contribution in [0.1, 0.15) is 22.7 Å². The van der Waals surface area contributed by atoms with Gasteiger partial charge >= 0.3 is 6.36 Å². The molecular weight excluding hydrogens is 359 g/mol. The quantitative estimate of drug-likeness (QED) is 0.840. The highest BCUT2D eigenvalue weighted by atomic mass is 35.5. The zero-order valence-electron chi connectivity index (χ0n) is 13.9. The molecule has 25 heavy (non-hydrogen) atoms. The number of benzene rings is 2. The maximum atomic E-state index is 12.2. The Morgan fingerprint density at radius 1 is 0.960 bits per heavy atom. The molecular formula is C17H19ClF3NO3. The summed E-state index contributed by atoms with van der Waals surface area (Å²) < 4.78 is 51.3.